The van der Waals surface area contributed by atoms with E-state index in [4.69, 9.17) is 11.6 Å². The lowest BCUT2D eigenvalue weighted by molar-refractivity contribution is -0.112. The van der Waals surface area contributed by atoms with Crippen LogP contribution in [-0.2, 0) is 4.79 Å². The quantitative estimate of drug-likeness (QED) is 0.614. The van der Waals surface area contributed by atoms with Crippen molar-refractivity contribution in [1.29, 1.82) is 0 Å². The molecule has 1 heterocycles. The van der Waals surface area contributed by atoms with Gasteiger partial charge in [0.15, 0.2) is 0 Å². The number of para-hydroxylation sites is 1. The smallest absolute Gasteiger partial charge is 0.296 e. The Morgan fingerprint density at radius 1 is 1.33 bits per heavy atom. The minimum absolute atomic E-state index is 0.394. The summed E-state index contributed by atoms with van der Waals surface area (Å²) in [6.07, 6.45) is 3.54. The zero-order valence-electron chi connectivity index (χ0n) is 7.79. The Balaban J connectivity index is 2.49. The number of Topliss-reactive ketones (excluding diaryl/α,β-unsaturated/α-hetero) is 1. The molecule has 0 aliphatic carbocycles. The summed E-state index contributed by atoms with van der Waals surface area (Å²) >= 11 is 5.52. The van der Waals surface area contributed by atoms with E-state index < -0.39 is 11.7 Å². The molecule has 0 fully saturated rings. The first-order valence-corrected chi connectivity index (χ1v) is 4.98. The summed E-state index contributed by atoms with van der Waals surface area (Å²) in [5, 5.41) is 2.54. The SMILES string of the molecule is O=C1Nc2c(C=CCCl)cccc2C1=O. The fourth-order valence-corrected chi connectivity index (χ4v) is 1.59. The second-order valence-corrected chi connectivity index (χ2v) is 3.42. The Hall–Kier alpha value is -1.61. The second kappa shape index (κ2) is 3.87. The number of fused-ring (bicyclic) bond motifs is 1. The first-order chi connectivity index (χ1) is 7.24. The van der Waals surface area contributed by atoms with Gasteiger partial charge < -0.3 is 5.32 Å². The Labute approximate surface area is 91.7 Å². The summed E-state index contributed by atoms with van der Waals surface area (Å²) < 4.78 is 0. The molecule has 1 aromatic rings. The van der Waals surface area contributed by atoms with Gasteiger partial charge in [0.1, 0.15) is 0 Å². The molecule has 1 aromatic carbocycles. The molecule has 3 nitrogen and oxygen atoms in total. The predicted molar refractivity (Wildman–Crippen MR) is 59.2 cm³/mol. The summed E-state index contributed by atoms with van der Waals surface area (Å²) in [6.45, 7) is 0. The Morgan fingerprint density at radius 3 is 2.87 bits per heavy atom. The Bertz CT molecular complexity index is 466. The van der Waals surface area contributed by atoms with Crippen molar-refractivity contribution >= 4 is 35.1 Å². The lowest BCUT2D eigenvalue weighted by atomic mass is 10.1. The molecule has 15 heavy (non-hydrogen) atoms. The number of hydrogen-bond donors (Lipinski definition) is 1. The van der Waals surface area contributed by atoms with Crippen molar-refractivity contribution in [3.8, 4) is 0 Å². The third kappa shape index (κ3) is 1.66. The van der Waals surface area contributed by atoms with E-state index in [1.54, 1.807) is 24.3 Å². The summed E-state index contributed by atoms with van der Waals surface area (Å²) in [4.78, 5) is 22.5. The number of nitrogens with one attached hydrogen (secondary N) is 1. The van der Waals surface area contributed by atoms with Gasteiger partial charge in [0, 0.05) is 5.88 Å². The molecule has 0 spiro atoms. The van der Waals surface area contributed by atoms with Crippen LogP contribution < -0.4 is 5.32 Å². The molecule has 0 unspecified atom stereocenters. The highest BCUT2D eigenvalue weighted by atomic mass is 35.5. The fourth-order valence-electron chi connectivity index (χ4n) is 1.50. The van der Waals surface area contributed by atoms with Crippen molar-refractivity contribution in [2.75, 3.05) is 11.2 Å². The van der Waals surface area contributed by atoms with Gasteiger partial charge in [0.2, 0.25) is 0 Å². The van der Waals surface area contributed by atoms with E-state index in [-0.39, 0.29) is 0 Å². The highest BCUT2D eigenvalue weighted by molar-refractivity contribution is 6.52. The van der Waals surface area contributed by atoms with Gasteiger partial charge in [-0.2, -0.15) is 0 Å². The normalized spacial score (nSPS) is 14.5. The molecule has 4 heteroatoms. The van der Waals surface area contributed by atoms with Crippen molar-refractivity contribution in [1.82, 2.24) is 0 Å². The van der Waals surface area contributed by atoms with Gasteiger partial charge >= 0.3 is 0 Å². The minimum Gasteiger partial charge on any atom is -0.318 e. The van der Waals surface area contributed by atoms with E-state index in [0.29, 0.717) is 17.1 Å². The third-order valence-corrected chi connectivity index (χ3v) is 2.35. The van der Waals surface area contributed by atoms with Crippen LogP contribution in [0.25, 0.3) is 6.08 Å². The second-order valence-electron chi connectivity index (χ2n) is 3.11. The molecule has 0 atom stereocenters. The van der Waals surface area contributed by atoms with E-state index in [0.717, 1.165) is 5.56 Å². The Morgan fingerprint density at radius 2 is 2.13 bits per heavy atom. The minimum atomic E-state index is -0.572. The van der Waals surface area contributed by atoms with Crippen molar-refractivity contribution < 1.29 is 9.59 Å². The number of ketones is 1. The van der Waals surface area contributed by atoms with Crippen LogP contribution in [-0.4, -0.2) is 17.6 Å². The van der Waals surface area contributed by atoms with Gasteiger partial charge in [-0.1, -0.05) is 24.3 Å². The molecule has 1 amide bonds. The van der Waals surface area contributed by atoms with Gasteiger partial charge in [-0.3, -0.25) is 9.59 Å². The topological polar surface area (TPSA) is 46.2 Å². The molecule has 0 saturated heterocycles. The molecule has 1 aliphatic heterocycles. The first kappa shape index (κ1) is 9.93. The van der Waals surface area contributed by atoms with Gasteiger partial charge in [-0.25, -0.2) is 0 Å². The van der Waals surface area contributed by atoms with Crippen LogP contribution in [0.4, 0.5) is 5.69 Å². The number of halogens is 1. The number of allylic oxidation sites excluding steroid dienone is 1. The maximum Gasteiger partial charge on any atom is 0.296 e. The maximum absolute atomic E-state index is 11.4. The molecular formula is C11H8ClNO2. The monoisotopic (exact) mass is 221 g/mol. The number of hydrogen-bond acceptors (Lipinski definition) is 2. The standard InChI is InChI=1S/C11H8ClNO2/c12-6-2-4-7-3-1-5-8-9(7)13-11(15)10(8)14/h1-5H,6H2,(H,13,14,15). The van der Waals surface area contributed by atoms with Gasteiger partial charge in [0.05, 0.1) is 11.3 Å². The number of carbonyl (C=O) groups excluding carboxylic acids is 2. The van der Waals surface area contributed by atoms with Crippen molar-refractivity contribution in [3.05, 3.63) is 35.4 Å². The van der Waals surface area contributed by atoms with E-state index in [1.807, 2.05) is 6.07 Å². The van der Waals surface area contributed by atoms with Crippen LogP contribution in [0, 0.1) is 0 Å². The van der Waals surface area contributed by atoms with Gasteiger partial charge in [-0.05, 0) is 11.6 Å². The summed E-state index contributed by atoms with van der Waals surface area (Å²) in [7, 11) is 0. The number of anilines is 1. The lowest BCUT2D eigenvalue weighted by Gasteiger charge is -2.01. The third-order valence-electron chi connectivity index (χ3n) is 2.17. The largest absolute Gasteiger partial charge is 0.318 e. The van der Waals surface area contributed by atoms with Crippen LogP contribution in [0.3, 0.4) is 0 Å². The van der Waals surface area contributed by atoms with Crippen molar-refractivity contribution in [2.45, 2.75) is 0 Å². The van der Waals surface area contributed by atoms with Gasteiger partial charge in [-0.15, -0.1) is 11.6 Å². The zero-order valence-corrected chi connectivity index (χ0v) is 8.54. The summed E-state index contributed by atoms with van der Waals surface area (Å²) in [6, 6.07) is 5.19. The number of carbonyl (C=O) groups is 2. The van der Waals surface area contributed by atoms with Crippen molar-refractivity contribution in [2.24, 2.45) is 0 Å². The highest BCUT2D eigenvalue weighted by Gasteiger charge is 2.28. The average Bonchev–Trinajstić information content (AvgIpc) is 2.53. The molecule has 0 aromatic heterocycles. The number of alkyl halides is 1. The molecule has 1 N–H and O–H groups in total. The zero-order chi connectivity index (χ0) is 10.8. The number of benzene rings is 1. The molecule has 2 rings (SSSR count). The van der Waals surface area contributed by atoms with Crippen LogP contribution in [0.15, 0.2) is 24.3 Å². The van der Waals surface area contributed by atoms with Crippen LogP contribution in [0.2, 0.25) is 0 Å². The van der Waals surface area contributed by atoms with Crippen molar-refractivity contribution in [3.63, 3.8) is 0 Å². The number of amides is 1. The summed E-state index contributed by atoms with van der Waals surface area (Å²) in [5.41, 5.74) is 1.80. The van der Waals surface area contributed by atoms with E-state index in [1.165, 1.54) is 0 Å². The molecule has 76 valence electrons. The highest BCUT2D eigenvalue weighted by Crippen LogP contribution is 2.27. The van der Waals surface area contributed by atoms with Crippen LogP contribution in [0.1, 0.15) is 15.9 Å². The Kier molecular flexibility index (Phi) is 2.56. The number of rotatable bonds is 2. The molecule has 1 aliphatic rings. The maximum atomic E-state index is 11.4. The first-order valence-electron chi connectivity index (χ1n) is 4.45. The average molecular weight is 222 g/mol. The molecule has 0 saturated carbocycles. The molecule has 0 bridgehead atoms. The van der Waals surface area contributed by atoms with Crippen LogP contribution in [0.5, 0.6) is 0 Å². The summed E-state index contributed by atoms with van der Waals surface area (Å²) in [5.74, 6) is -0.659. The fraction of sp³-hybridized carbons (Fsp3) is 0.0909. The lowest BCUT2D eigenvalue weighted by Crippen LogP contribution is -2.12. The van der Waals surface area contributed by atoms with E-state index >= 15 is 0 Å². The van der Waals surface area contributed by atoms with E-state index in [9.17, 15) is 9.59 Å². The van der Waals surface area contributed by atoms with E-state index in [2.05, 4.69) is 5.32 Å². The molecule has 0 radical (unpaired) electrons. The predicted octanol–water partition coefficient (Wildman–Crippen LogP) is 2.07. The van der Waals surface area contributed by atoms with Gasteiger partial charge in [0.25, 0.3) is 11.7 Å². The van der Waals surface area contributed by atoms with Crippen LogP contribution >= 0.6 is 11.6 Å². The molecular weight excluding hydrogens is 214 g/mol.